The second-order valence-corrected chi connectivity index (χ2v) is 6.08. The number of hydrogen-bond donors (Lipinski definition) is 1. The van der Waals surface area contributed by atoms with Crippen molar-refractivity contribution in [2.75, 3.05) is 44.2 Å². The number of para-hydroxylation sites is 2. The summed E-state index contributed by atoms with van der Waals surface area (Å²) < 4.78 is 5.81. The molecule has 2 N–H and O–H groups in total. The quantitative estimate of drug-likeness (QED) is 0.887. The highest BCUT2D eigenvalue weighted by molar-refractivity contribution is 5.46. The Balaban J connectivity index is 1.70. The van der Waals surface area contributed by atoms with E-state index in [9.17, 15) is 0 Å². The molecule has 1 fully saturated rings. The highest BCUT2D eigenvalue weighted by Crippen LogP contribution is 2.30. The van der Waals surface area contributed by atoms with Crippen molar-refractivity contribution in [3.63, 3.8) is 0 Å². The van der Waals surface area contributed by atoms with Gasteiger partial charge in [0.25, 0.3) is 0 Å². The third-order valence-corrected chi connectivity index (χ3v) is 4.68. The number of benzene rings is 2. The molecule has 0 spiro atoms. The van der Waals surface area contributed by atoms with E-state index in [1.807, 2.05) is 19.1 Å². The van der Waals surface area contributed by atoms with E-state index in [4.69, 9.17) is 10.5 Å². The van der Waals surface area contributed by atoms with Crippen LogP contribution in [0.1, 0.15) is 18.5 Å². The van der Waals surface area contributed by atoms with E-state index in [0.29, 0.717) is 13.2 Å². The minimum Gasteiger partial charge on any atom is -0.494 e. The lowest BCUT2D eigenvalue weighted by molar-refractivity contribution is 0.185. The van der Waals surface area contributed by atoms with Crippen LogP contribution >= 0.6 is 0 Å². The lowest BCUT2D eigenvalue weighted by atomic mass is 10.0. The van der Waals surface area contributed by atoms with Crippen LogP contribution in [0.5, 0.6) is 5.75 Å². The summed E-state index contributed by atoms with van der Waals surface area (Å²) in [5.41, 5.74) is 8.64. The normalized spacial score (nSPS) is 16.8. The molecule has 0 aromatic heterocycles. The molecule has 4 heteroatoms. The summed E-state index contributed by atoms with van der Waals surface area (Å²) in [6.45, 7) is 7.38. The molecule has 0 bridgehead atoms. The molecule has 2 aromatic carbocycles. The molecule has 0 radical (unpaired) electrons. The van der Waals surface area contributed by atoms with E-state index in [0.717, 1.165) is 31.9 Å². The van der Waals surface area contributed by atoms with Crippen LogP contribution in [0.25, 0.3) is 0 Å². The smallest absolute Gasteiger partial charge is 0.124 e. The van der Waals surface area contributed by atoms with Crippen molar-refractivity contribution < 1.29 is 4.74 Å². The number of hydrogen-bond acceptors (Lipinski definition) is 4. The lowest BCUT2D eigenvalue weighted by Gasteiger charge is -2.40. The van der Waals surface area contributed by atoms with Gasteiger partial charge in [-0.25, -0.2) is 0 Å². The zero-order valence-corrected chi connectivity index (χ0v) is 14.4. The fraction of sp³-hybridized carbons (Fsp3) is 0.400. The molecule has 1 unspecified atom stereocenters. The summed E-state index contributed by atoms with van der Waals surface area (Å²) in [5, 5.41) is 0. The van der Waals surface area contributed by atoms with Crippen LogP contribution in [-0.4, -0.2) is 44.2 Å². The largest absolute Gasteiger partial charge is 0.494 e. The summed E-state index contributed by atoms with van der Waals surface area (Å²) >= 11 is 0. The first-order valence-electron chi connectivity index (χ1n) is 8.79. The van der Waals surface area contributed by atoms with Gasteiger partial charge in [-0.3, -0.25) is 4.90 Å². The number of anilines is 1. The van der Waals surface area contributed by atoms with Gasteiger partial charge in [0.2, 0.25) is 0 Å². The summed E-state index contributed by atoms with van der Waals surface area (Å²) in [6.07, 6.45) is 0. The SMILES string of the molecule is CCOc1ccccc1C(CN)N1CCN(c2ccccc2)CC1. The summed E-state index contributed by atoms with van der Waals surface area (Å²) in [4.78, 5) is 4.93. The number of nitrogens with two attached hydrogens (primary N) is 1. The molecular weight excluding hydrogens is 298 g/mol. The fourth-order valence-electron chi connectivity index (χ4n) is 3.45. The van der Waals surface area contributed by atoms with E-state index >= 15 is 0 Å². The van der Waals surface area contributed by atoms with Gasteiger partial charge in [-0.05, 0) is 25.1 Å². The lowest BCUT2D eigenvalue weighted by Crippen LogP contribution is -2.49. The molecule has 128 valence electrons. The minimum absolute atomic E-state index is 0.214. The molecule has 0 amide bonds. The molecule has 0 saturated carbocycles. The molecule has 2 aromatic rings. The van der Waals surface area contributed by atoms with Crippen LogP contribution in [0.3, 0.4) is 0 Å². The van der Waals surface area contributed by atoms with Crippen molar-refractivity contribution in [1.29, 1.82) is 0 Å². The van der Waals surface area contributed by atoms with Gasteiger partial charge in [0.1, 0.15) is 5.75 Å². The second-order valence-electron chi connectivity index (χ2n) is 6.08. The average molecular weight is 325 g/mol. The molecule has 4 nitrogen and oxygen atoms in total. The van der Waals surface area contributed by atoms with E-state index in [-0.39, 0.29) is 6.04 Å². The highest BCUT2D eigenvalue weighted by Gasteiger charge is 2.26. The third kappa shape index (κ3) is 3.71. The average Bonchev–Trinajstić information content (AvgIpc) is 2.65. The Morgan fingerprint density at radius 1 is 0.958 bits per heavy atom. The topological polar surface area (TPSA) is 41.7 Å². The first-order valence-corrected chi connectivity index (χ1v) is 8.79. The molecule has 24 heavy (non-hydrogen) atoms. The van der Waals surface area contributed by atoms with Gasteiger partial charge < -0.3 is 15.4 Å². The molecule has 1 aliphatic heterocycles. The molecule has 1 heterocycles. The molecule has 1 saturated heterocycles. The maximum atomic E-state index is 6.14. The van der Waals surface area contributed by atoms with Crippen molar-refractivity contribution >= 4 is 5.69 Å². The van der Waals surface area contributed by atoms with Crippen molar-refractivity contribution in [1.82, 2.24) is 4.90 Å². The van der Waals surface area contributed by atoms with Crippen molar-refractivity contribution in [2.24, 2.45) is 5.73 Å². The van der Waals surface area contributed by atoms with E-state index in [2.05, 4.69) is 52.3 Å². The Labute approximate surface area is 144 Å². The van der Waals surface area contributed by atoms with Crippen LogP contribution in [0.4, 0.5) is 5.69 Å². The molecule has 3 rings (SSSR count). The summed E-state index contributed by atoms with van der Waals surface area (Å²) in [7, 11) is 0. The Morgan fingerprint density at radius 3 is 2.29 bits per heavy atom. The van der Waals surface area contributed by atoms with Crippen molar-refractivity contribution in [2.45, 2.75) is 13.0 Å². The third-order valence-electron chi connectivity index (χ3n) is 4.68. The predicted molar refractivity (Wildman–Crippen MR) is 99.6 cm³/mol. The van der Waals surface area contributed by atoms with Crippen LogP contribution in [0, 0.1) is 0 Å². The minimum atomic E-state index is 0.214. The first kappa shape index (κ1) is 16.8. The summed E-state index contributed by atoms with van der Waals surface area (Å²) in [5.74, 6) is 0.959. The van der Waals surface area contributed by atoms with Gasteiger partial charge in [-0.2, -0.15) is 0 Å². The number of ether oxygens (including phenoxy) is 1. The van der Waals surface area contributed by atoms with Gasteiger partial charge in [0.05, 0.1) is 12.6 Å². The molecule has 1 aliphatic rings. The van der Waals surface area contributed by atoms with Gasteiger partial charge in [0, 0.05) is 44.0 Å². The van der Waals surface area contributed by atoms with E-state index in [1.54, 1.807) is 0 Å². The Kier molecular flexibility index (Phi) is 5.72. The van der Waals surface area contributed by atoms with E-state index in [1.165, 1.54) is 11.3 Å². The van der Waals surface area contributed by atoms with Crippen LogP contribution < -0.4 is 15.4 Å². The van der Waals surface area contributed by atoms with Gasteiger partial charge in [-0.15, -0.1) is 0 Å². The van der Waals surface area contributed by atoms with Crippen LogP contribution in [0.2, 0.25) is 0 Å². The number of piperazine rings is 1. The second kappa shape index (κ2) is 8.18. The Bertz CT molecular complexity index is 624. The van der Waals surface area contributed by atoms with Crippen molar-refractivity contribution in [3.8, 4) is 5.75 Å². The maximum Gasteiger partial charge on any atom is 0.124 e. The summed E-state index contributed by atoms with van der Waals surface area (Å²) in [6, 6.07) is 19.1. The number of rotatable bonds is 6. The first-order chi connectivity index (χ1) is 11.8. The molecule has 1 atom stereocenters. The standard InChI is InChI=1S/C20H27N3O/c1-2-24-20-11-7-6-10-18(20)19(16-21)23-14-12-22(13-15-23)17-8-4-3-5-9-17/h3-11,19H,2,12-16,21H2,1H3. The van der Waals surface area contributed by atoms with E-state index < -0.39 is 0 Å². The maximum absolute atomic E-state index is 6.14. The van der Waals surface area contributed by atoms with Gasteiger partial charge in [0.15, 0.2) is 0 Å². The van der Waals surface area contributed by atoms with Crippen molar-refractivity contribution in [3.05, 3.63) is 60.2 Å². The van der Waals surface area contributed by atoms with Gasteiger partial charge >= 0.3 is 0 Å². The van der Waals surface area contributed by atoms with Gasteiger partial charge in [-0.1, -0.05) is 36.4 Å². The molecule has 0 aliphatic carbocycles. The predicted octanol–water partition coefficient (Wildman–Crippen LogP) is 2.91. The van der Waals surface area contributed by atoms with Crippen LogP contribution in [-0.2, 0) is 0 Å². The Hall–Kier alpha value is -2.04. The Morgan fingerprint density at radius 2 is 1.62 bits per heavy atom. The zero-order chi connectivity index (χ0) is 16.8. The zero-order valence-electron chi connectivity index (χ0n) is 14.4. The van der Waals surface area contributed by atoms with Crippen LogP contribution in [0.15, 0.2) is 54.6 Å². The molecular formula is C20H27N3O. The monoisotopic (exact) mass is 325 g/mol. The highest BCUT2D eigenvalue weighted by atomic mass is 16.5. The fourth-order valence-corrected chi connectivity index (χ4v) is 3.45. The number of nitrogens with zero attached hydrogens (tertiary/aromatic N) is 2.